The Morgan fingerprint density at radius 1 is 1.16 bits per heavy atom. The van der Waals surface area contributed by atoms with Gasteiger partial charge in [-0.15, -0.1) is 0 Å². The minimum Gasteiger partial charge on any atom is -0.375 e. The Morgan fingerprint density at radius 3 is 2.89 bits per heavy atom. The first-order chi connectivity index (χ1) is 9.43. The van der Waals surface area contributed by atoms with Crippen molar-refractivity contribution in [2.24, 2.45) is 0 Å². The van der Waals surface area contributed by atoms with E-state index in [0.29, 0.717) is 6.04 Å². The fraction of sp³-hybridized carbons (Fsp3) is 0.312. The van der Waals surface area contributed by atoms with Crippen LogP contribution in [0.5, 0.6) is 0 Å². The van der Waals surface area contributed by atoms with Crippen LogP contribution in [0.1, 0.15) is 22.7 Å². The Hall–Kier alpha value is -1.71. The number of pyridine rings is 1. The molecular formula is C16H18N2O. The summed E-state index contributed by atoms with van der Waals surface area (Å²) in [5, 5.41) is 3.58. The molecule has 2 aromatic rings. The molecule has 19 heavy (non-hydrogen) atoms. The molecule has 0 amide bonds. The molecule has 3 heteroatoms. The molecule has 1 aliphatic rings. The number of rotatable bonds is 4. The van der Waals surface area contributed by atoms with Gasteiger partial charge >= 0.3 is 0 Å². The smallest absolute Gasteiger partial charge is 0.0721 e. The van der Waals surface area contributed by atoms with Crippen molar-refractivity contribution in [1.82, 2.24) is 10.3 Å². The summed E-state index contributed by atoms with van der Waals surface area (Å²) in [6, 6.07) is 12.9. The fourth-order valence-electron chi connectivity index (χ4n) is 2.49. The highest BCUT2D eigenvalue weighted by molar-refractivity contribution is 5.31. The van der Waals surface area contributed by atoms with Crippen molar-refractivity contribution >= 4 is 0 Å². The van der Waals surface area contributed by atoms with Crippen LogP contribution in [-0.4, -0.2) is 18.1 Å². The lowest BCUT2D eigenvalue weighted by Gasteiger charge is -2.26. The van der Waals surface area contributed by atoms with Crippen LogP contribution in [0, 0.1) is 0 Å². The molecule has 0 saturated heterocycles. The van der Waals surface area contributed by atoms with E-state index in [0.717, 1.165) is 26.2 Å². The highest BCUT2D eigenvalue weighted by Crippen LogP contribution is 2.24. The average molecular weight is 254 g/mol. The zero-order valence-corrected chi connectivity index (χ0v) is 10.9. The van der Waals surface area contributed by atoms with Crippen molar-refractivity contribution in [3.05, 3.63) is 65.5 Å². The fourth-order valence-corrected chi connectivity index (χ4v) is 2.49. The Morgan fingerprint density at radius 2 is 2.00 bits per heavy atom. The second-order valence-electron chi connectivity index (χ2n) is 4.83. The van der Waals surface area contributed by atoms with Crippen molar-refractivity contribution in [3.8, 4) is 0 Å². The SMILES string of the molecule is c1ccc2c(c1)COCC2NCCc1ccncc1. The van der Waals surface area contributed by atoms with Gasteiger partial charge in [0.15, 0.2) is 0 Å². The van der Waals surface area contributed by atoms with Crippen LogP contribution < -0.4 is 5.32 Å². The van der Waals surface area contributed by atoms with Crippen molar-refractivity contribution in [2.75, 3.05) is 13.2 Å². The quantitative estimate of drug-likeness (QED) is 0.910. The van der Waals surface area contributed by atoms with Gasteiger partial charge in [-0.2, -0.15) is 0 Å². The number of nitrogens with zero attached hydrogens (tertiary/aromatic N) is 1. The molecule has 0 bridgehead atoms. The molecule has 1 aliphatic heterocycles. The third-order valence-electron chi connectivity index (χ3n) is 3.53. The normalized spacial score (nSPS) is 18.0. The second kappa shape index (κ2) is 5.95. The van der Waals surface area contributed by atoms with E-state index in [1.165, 1.54) is 16.7 Å². The molecular weight excluding hydrogens is 236 g/mol. The van der Waals surface area contributed by atoms with Crippen LogP contribution in [0.15, 0.2) is 48.8 Å². The van der Waals surface area contributed by atoms with Gasteiger partial charge in [0, 0.05) is 12.4 Å². The summed E-state index contributed by atoms with van der Waals surface area (Å²) in [6.45, 7) is 2.44. The van der Waals surface area contributed by atoms with Gasteiger partial charge in [0.1, 0.15) is 0 Å². The molecule has 1 unspecified atom stereocenters. The number of hydrogen-bond acceptors (Lipinski definition) is 3. The van der Waals surface area contributed by atoms with E-state index < -0.39 is 0 Å². The minimum absolute atomic E-state index is 0.312. The Bertz CT molecular complexity index is 527. The Balaban J connectivity index is 1.59. The van der Waals surface area contributed by atoms with Crippen molar-refractivity contribution in [2.45, 2.75) is 19.1 Å². The van der Waals surface area contributed by atoms with Crippen molar-refractivity contribution < 1.29 is 4.74 Å². The van der Waals surface area contributed by atoms with Crippen molar-refractivity contribution in [1.29, 1.82) is 0 Å². The van der Waals surface area contributed by atoms with Gasteiger partial charge in [-0.3, -0.25) is 4.98 Å². The summed E-state index contributed by atoms with van der Waals surface area (Å²) in [7, 11) is 0. The van der Waals surface area contributed by atoms with Gasteiger partial charge in [0.2, 0.25) is 0 Å². The first-order valence-electron chi connectivity index (χ1n) is 6.71. The van der Waals surface area contributed by atoms with E-state index >= 15 is 0 Å². The second-order valence-corrected chi connectivity index (χ2v) is 4.83. The molecule has 0 aliphatic carbocycles. The zero-order valence-electron chi connectivity index (χ0n) is 10.9. The number of fused-ring (bicyclic) bond motifs is 1. The molecule has 3 rings (SSSR count). The van der Waals surface area contributed by atoms with Crippen molar-refractivity contribution in [3.63, 3.8) is 0 Å². The maximum Gasteiger partial charge on any atom is 0.0721 e. The number of ether oxygens (including phenoxy) is 1. The number of aromatic nitrogens is 1. The lowest BCUT2D eigenvalue weighted by atomic mass is 9.99. The maximum atomic E-state index is 5.64. The van der Waals surface area contributed by atoms with Crippen LogP contribution in [-0.2, 0) is 17.8 Å². The van der Waals surface area contributed by atoms with E-state index in [1.54, 1.807) is 0 Å². The summed E-state index contributed by atoms with van der Waals surface area (Å²) < 4.78 is 5.64. The molecule has 1 atom stereocenters. The summed E-state index contributed by atoms with van der Waals surface area (Å²) in [5.74, 6) is 0. The third kappa shape index (κ3) is 3.00. The van der Waals surface area contributed by atoms with Gasteiger partial charge < -0.3 is 10.1 Å². The molecule has 2 heterocycles. The Labute approximate surface area is 113 Å². The van der Waals surface area contributed by atoms with Gasteiger partial charge in [-0.1, -0.05) is 24.3 Å². The summed E-state index contributed by atoms with van der Waals surface area (Å²) in [4.78, 5) is 4.03. The monoisotopic (exact) mass is 254 g/mol. The molecule has 0 saturated carbocycles. The van der Waals surface area contributed by atoms with E-state index in [1.807, 2.05) is 12.4 Å². The molecule has 0 spiro atoms. The largest absolute Gasteiger partial charge is 0.375 e. The predicted octanol–water partition coefficient (Wildman–Crippen LogP) is 2.49. The number of nitrogens with one attached hydrogen (secondary N) is 1. The molecule has 0 radical (unpaired) electrons. The molecule has 3 nitrogen and oxygen atoms in total. The van der Waals surface area contributed by atoms with Gasteiger partial charge in [0.05, 0.1) is 19.3 Å². The molecule has 1 aromatic carbocycles. The van der Waals surface area contributed by atoms with E-state index in [-0.39, 0.29) is 0 Å². The topological polar surface area (TPSA) is 34.1 Å². The summed E-state index contributed by atoms with van der Waals surface area (Å²) in [5.41, 5.74) is 3.99. The predicted molar refractivity (Wildman–Crippen MR) is 74.8 cm³/mol. The molecule has 1 aromatic heterocycles. The molecule has 98 valence electrons. The lowest BCUT2D eigenvalue weighted by Crippen LogP contribution is -2.31. The van der Waals surface area contributed by atoms with Crippen LogP contribution in [0.4, 0.5) is 0 Å². The van der Waals surface area contributed by atoms with E-state index in [2.05, 4.69) is 46.7 Å². The lowest BCUT2D eigenvalue weighted by molar-refractivity contribution is 0.0824. The van der Waals surface area contributed by atoms with E-state index in [4.69, 9.17) is 4.74 Å². The summed E-state index contributed by atoms with van der Waals surface area (Å²) >= 11 is 0. The standard InChI is InChI=1S/C16H18N2O/c1-2-4-15-14(3-1)11-19-12-16(15)18-10-7-13-5-8-17-9-6-13/h1-6,8-9,16,18H,7,10-12H2. The van der Waals surface area contributed by atoms with Crippen LogP contribution in [0.25, 0.3) is 0 Å². The Kier molecular flexibility index (Phi) is 3.86. The zero-order chi connectivity index (χ0) is 12.9. The van der Waals surface area contributed by atoms with Gasteiger partial charge in [0.25, 0.3) is 0 Å². The highest BCUT2D eigenvalue weighted by Gasteiger charge is 2.19. The number of benzene rings is 1. The van der Waals surface area contributed by atoms with Crippen LogP contribution in [0.2, 0.25) is 0 Å². The highest BCUT2D eigenvalue weighted by atomic mass is 16.5. The third-order valence-corrected chi connectivity index (χ3v) is 3.53. The minimum atomic E-state index is 0.312. The molecule has 1 N–H and O–H groups in total. The van der Waals surface area contributed by atoms with Crippen LogP contribution >= 0.6 is 0 Å². The average Bonchev–Trinajstić information content (AvgIpc) is 2.49. The van der Waals surface area contributed by atoms with Crippen LogP contribution in [0.3, 0.4) is 0 Å². The van der Waals surface area contributed by atoms with Gasteiger partial charge in [-0.25, -0.2) is 0 Å². The number of hydrogen-bond donors (Lipinski definition) is 1. The first-order valence-corrected chi connectivity index (χ1v) is 6.71. The first kappa shape index (κ1) is 12.3. The summed E-state index contributed by atoms with van der Waals surface area (Å²) in [6.07, 6.45) is 4.70. The molecule has 0 fully saturated rings. The maximum absolute atomic E-state index is 5.64. The van der Waals surface area contributed by atoms with Gasteiger partial charge in [-0.05, 0) is 41.8 Å². The van der Waals surface area contributed by atoms with E-state index in [9.17, 15) is 0 Å².